The summed E-state index contributed by atoms with van der Waals surface area (Å²) in [4.78, 5) is 31.9. The number of methoxy groups -OCH3 is 5. The highest BCUT2D eigenvalue weighted by Gasteiger charge is 2.51. The number of hydrogen-bond acceptors (Lipinski definition) is 15. The van der Waals surface area contributed by atoms with Gasteiger partial charge in [-0.3, -0.25) is 9.36 Å². The second-order valence-corrected chi connectivity index (χ2v) is 25.5. The minimum absolute atomic E-state index is 0.0118. The van der Waals surface area contributed by atoms with Gasteiger partial charge in [0, 0.05) is 43.6 Å². The summed E-state index contributed by atoms with van der Waals surface area (Å²) in [6.45, 7) is 18.8. The van der Waals surface area contributed by atoms with Crippen molar-refractivity contribution in [2.45, 2.75) is 81.9 Å². The Balaban J connectivity index is 1.27. The van der Waals surface area contributed by atoms with Crippen molar-refractivity contribution in [3.63, 3.8) is 0 Å². The molecular formula is C63H74N6O11Si. The van der Waals surface area contributed by atoms with E-state index in [1.54, 1.807) is 61.9 Å². The Kier molecular flexibility index (Phi) is 19.5. The van der Waals surface area contributed by atoms with Gasteiger partial charge in [0.05, 0.1) is 46.5 Å². The number of nitrogens with zero attached hydrogens (tertiary/aromatic N) is 5. The van der Waals surface area contributed by atoms with Gasteiger partial charge in [0.25, 0.3) is 5.91 Å². The Morgan fingerprint density at radius 1 is 0.753 bits per heavy atom. The zero-order chi connectivity index (χ0) is 57.7. The van der Waals surface area contributed by atoms with E-state index in [0.717, 1.165) is 16.7 Å². The van der Waals surface area contributed by atoms with Crippen molar-refractivity contribution in [2.24, 2.45) is 0 Å². The number of fused-ring (bicyclic) bond motifs is 1. The zero-order valence-electron chi connectivity index (χ0n) is 47.9. The van der Waals surface area contributed by atoms with Crippen LogP contribution in [0, 0.1) is 0 Å². The lowest BCUT2D eigenvalue weighted by molar-refractivity contribution is -0.114. The van der Waals surface area contributed by atoms with Crippen LogP contribution in [-0.2, 0) is 46.7 Å². The van der Waals surface area contributed by atoms with Crippen LogP contribution in [0.25, 0.3) is 11.2 Å². The van der Waals surface area contributed by atoms with Gasteiger partial charge in [-0.05, 0) is 59.5 Å². The normalized spacial score (nSPS) is 16.5. The number of aromatic nitrogens is 4. The maximum absolute atomic E-state index is 15.5. The van der Waals surface area contributed by atoms with E-state index in [2.05, 4.69) is 88.7 Å². The number of hydrogen-bond donors (Lipinski definition) is 1. The third-order valence-corrected chi connectivity index (χ3v) is 19.2. The molecule has 17 nitrogen and oxygen atoms in total. The number of rotatable bonds is 27. The summed E-state index contributed by atoms with van der Waals surface area (Å²) in [6, 6.07) is 37.9. The molecule has 0 saturated carbocycles. The fourth-order valence-electron chi connectivity index (χ4n) is 9.77. The predicted octanol–water partition coefficient (Wildman–Crippen LogP) is 11.6. The first-order valence-electron chi connectivity index (χ1n) is 26.6. The lowest BCUT2D eigenvalue weighted by Crippen LogP contribution is -2.49. The first kappa shape index (κ1) is 59.3. The van der Waals surface area contributed by atoms with Crippen LogP contribution in [0.3, 0.4) is 0 Å². The summed E-state index contributed by atoms with van der Waals surface area (Å²) in [5, 5.41) is 3.67. The lowest BCUT2D eigenvalue weighted by Gasteiger charge is -2.40. The summed E-state index contributed by atoms with van der Waals surface area (Å²) in [7, 11) is 5.07. The van der Waals surface area contributed by atoms with Gasteiger partial charge in [0.2, 0.25) is 0 Å². The summed E-state index contributed by atoms with van der Waals surface area (Å²) >= 11 is 0. The fourth-order valence-corrected chi connectivity index (χ4v) is 11.1. The molecule has 0 aliphatic carbocycles. The fraction of sp³-hybridized carbons (Fsp3) is 0.333. The SMILES string of the molecule is C=CCO[C@H]1[C@@H](O[Si](C)(C)C(C)(C)C)[C@H](n2cnc3c(NC(c4ccccc4)(c4ccccc4)c4ccccc4)ncnc32)O[C@@H]1/C=C/C(=O)N(Cc1ccc(OC)cc1OC)c1cc(OCOC)c(OC)c(CC=C)c1OCOC. The summed E-state index contributed by atoms with van der Waals surface area (Å²) in [5.74, 6) is 2.05. The van der Waals surface area contributed by atoms with E-state index in [1.165, 1.54) is 33.7 Å². The zero-order valence-corrected chi connectivity index (χ0v) is 48.9. The monoisotopic (exact) mass is 1120 g/mol. The van der Waals surface area contributed by atoms with Crippen LogP contribution < -0.4 is 33.9 Å². The van der Waals surface area contributed by atoms with E-state index in [9.17, 15) is 0 Å². The van der Waals surface area contributed by atoms with Crippen LogP contribution in [0.1, 0.15) is 54.8 Å². The van der Waals surface area contributed by atoms with Crippen molar-refractivity contribution in [1.29, 1.82) is 0 Å². The maximum Gasteiger partial charge on any atom is 0.251 e. The molecule has 426 valence electrons. The molecule has 1 aliphatic heterocycles. The van der Waals surface area contributed by atoms with E-state index in [-0.39, 0.29) is 38.2 Å². The maximum atomic E-state index is 15.5. The quantitative estimate of drug-likeness (QED) is 0.0170. The topological polar surface area (TPSA) is 168 Å². The molecule has 0 unspecified atom stereocenters. The van der Waals surface area contributed by atoms with Crippen LogP contribution >= 0.6 is 0 Å². The number of nitrogens with one attached hydrogen (secondary N) is 1. The largest absolute Gasteiger partial charge is 0.497 e. The number of imidazole rings is 1. The Labute approximate surface area is 476 Å². The van der Waals surface area contributed by atoms with E-state index in [4.69, 9.17) is 62.0 Å². The van der Waals surface area contributed by atoms with Crippen molar-refractivity contribution in [1.82, 2.24) is 19.5 Å². The first-order chi connectivity index (χ1) is 39.2. The first-order valence-corrected chi connectivity index (χ1v) is 29.6. The lowest BCUT2D eigenvalue weighted by atomic mass is 9.77. The van der Waals surface area contributed by atoms with E-state index in [1.807, 2.05) is 65.2 Å². The standard InChI is InChI=1S/C63H74N6O11Si/c1-13-24-48-55(78-42-72-7)49(37-52(56(48)75-10)77-41-71-6)68(38-43-31-32-47(73-8)36-51(43)74-9)53(70)34-33-50-57(76-35-14-2)58(80-81(11,12)62(3,4)5)61(79-50)69-40-66-54-59(64-39-65-60(54)69)67-63(44-25-18-15-19-26-44,45-27-20-16-21-28-45)46-29-22-17-23-30-46/h13-23,25-34,36-37,39-40,50,57-58,61H,1-2,24,35,38,41-42H2,3-12H3,(H,64,65,67)/b34-33+/t50-,57-,58-,61-/m1/s1. The number of allylic oxidation sites excluding steroid dienone is 1. The predicted molar refractivity (Wildman–Crippen MR) is 316 cm³/mol. The van der Waals surface area contributed by atoms with Crippen molar-refractivity contribution in [2.75, 3.05) is 66.0 Å². The third-order valence-electron chi connectivity index (χ3n) is 14.7. The van der Waals surface area contributed by atoms with Crippen LogP contribution in [0.15, 0.2) is 165 Å². The van der Waals surface area contributed by atoms with Crippen LogP contribution in [0.4, 0.5) is 11.5 Å². The van der Waals surface area contributed by atoms with E-state index >= 15 is 4.79 Å². The van der Waals surface area contributed by atoms with Gasteiger partial charge < -0.3 is 57.3 Å². The Hall–Kier alpha value is -7.84. The molecule has 7 aromatic rings. The number of ether oxygens (including phenoxy) is 9. The second-order valence-electron chi connectivity index (χ2n) is 20.7. The molecule has 1 amide bonds. The molecule has 81 heavy (non-hydrogen) atoms. The molecular weight excluding hydrogens is 1040 g/mol. The number of carbonyl (C=O) groups excluding carboxylic acids is 1. The second kappa shape index (κ2) is 26.6. The number of carbonyl (C=O) groups is 1. The third kappa shape index (κ3) is 12.7. The highest BCUT2D eigenvalue weighted by atomic mass is 28.4. The van der Waals surface area contributed by atoms with E-state index in [0.29, 0.717) is 62.5 Å². The van der Waals surface area contributed by atoms with Crippen molar-refractivity contribution in [3.05, 3.63) is 193 Å². The van der Waals surface area contributed by atoms with Gasteiger partial charge in [-0.25, -0.2) is 15.0 Å². The molecule has 1 saturated heterocycles. The molecule has 1 aliphatic rings. The van der Waals surface area contributed by atoms with Gasteiger partial charge >= 0.3 is 0 Å². The molecule has 8 rings (SSSR count). The summed E-state index contributed by atoms with van der Waals surface area (Å²) < 4.78 is 63.7. The van der Waals surface area contributed by atoms with Gasteiger partial charge in [-0.2, -0.15) is 0 Å². The molecule has 18 heteroatoms. The van der Waals surface area contributed by atoms with Crippen molar-refractivity contribution < 1.29 is 51.9 Å². The molecule has 1 fully saturated rings. The molecule has 0 bridgehead atoms. The molecule has 0 spiro atoms. The van der Waals surface area contributed by atoms with Crippen LogP contribution in [0.2, 0.25) is 18.1 Å². The van der Waals surface area contributed by atoms with Crippen molar-refractivity contribution in [3.8, 4) is 28.7 Å². The van der Waals surface area contributed by atoms with Gasteiger partial charge in [-0.15, -0.1) is 13.2 Å². The molecule has 5 aromatic carbocycles. The molecule has 3 heterocycles. The number of benzene rings is 5. The summed E-state index contributed by atoms with van der Waals surface area (Å²) in [5.41, 5.74) is 4.58. The minimum atomic E-state index is -2.62. The van der Waals surface area contributed by atoms with Gasteiger partial charge in [0.1, 0.15) is 41.7 Å². The highest BCUT2D eigenvalue weighted by Crippen LogP contribution is 2.48. The average molecular weight is 1120 g/mol. The number of amides is 1. The molecule has 4 atom stereocenters. The highest BCUT2D eigenvalue weighted by molar-refractivity contribution is 6.74. The molecule has 0 radical (unpaired) electrons. The average Bonchev–Trinajstić information content (AvgIpc) is 3.89. The van der Waals surface area contributed by atoms with Crippen LogP contribution in [-0.4, -0.2) is 108 Å². The Morgan fingerprint density at radius 3 is 1.96 bits per heavy atom. The van der Waals surface area contributed by atoms with Crippen molar-refractivity contribution >= 4 is 36.9 Å². The Bertz CT molecular complexity index is 3170. The summed E-state index contributed by atoms with van der Waals surface area (Å²) in [6.07, 6.45) is 6.81. The molecule has 2 aromatic heterocycles. The number of anilines is 2. The minimum Gasteiger partial charge on any atom is -0.497 e. The smallest absolute Gasteiger partial charge is 0.251 e. The van der Waals surface area contributed by atoms with E-state index < -0.39 is 44.3 Å². The molecule has 1 N–H and O–H groups in total. The van der Waals surface area contributed by atoms with Gasteiger partial charge in [0.15, 0.2) is 62.4 Å². The van der Waals surface area contributed by atoms with Crippen LogP contribution in [0.5, 0.6) is 28.7 Å². The Morgan fingerprint density at radius 2 is 1.40 bits per heavy atom. The van der Waals surface area contributed by atoms with Gasteiger partial charge in [-0.1, -0.05) is 124 Å².